The van der Waals surface area contributed by atoms with Gasteiger partial charge in [0.15, 0.2) is 11.6 Å². The van der Waals surface area contributed by atoms with Gasteiger partial charge in [-0.1, -0.05) is 39.7 Å². The van der Waals surface area contributed by atoms with Crippen LogP contribution in [0.15, 0.2) is 11.6 Å². The molecule has 1 N–H and O–H groups in total. The summed E-state index contributed by atoms with van der Waals surface area (Å²) in [5.74, 6) is 1.42. The first-order chi connectivity index (χ1) is 15.1. The van der Waals surface area contributed by atoms with Crippen LogP contribution in [0.5, 0.6) is 0 Å². The summed E-state index contributed by atoms with van der Waals surface area (Å²) in [6.07, 6.45) is 8.51. The molecule has 4 aliphatic carbocycles. The van der Waals surface area contributed by atoms with Crippen LogP contribution in [0.4, 0.5) is 0 Å². The third-order valence-electron chi connectivity index (χ3n) is 9.81. The van der Waals surface area contributed by atoms with Crippen molar-refractivity contribution in [1.29, 1.82) is 0 Å². The second-order valence-corrected chi connectivity index (χ2v) is 11.6. The average molecular weight is 445 g/mol. The maximum Gasteiger partial charge on any atom is 0.306 e. The van der Waals surface area contributed by atoms with Gasteiger partial charge in [-0.05, 0) is 85.5 Å². The molecule has 0 aromatic rings. The van der Waals surface area contributed by atoms with Crippen LogP contribution >= 0.6 is 0 Å². The lowest BCUT2D eigenvalue weighted by Crippen LogP contribution is -2.54. The van der Waals surface area contributed by atoms with Crippen LogP contribution in [0.25, 0.3) is 0 Å². The number of carbonyl (C=O) groups is 3. The first-order valence-electron chi connectivity index (χ1n) is 12.7. The van der Waals surface area contributed by atoms with Crippen LogP contribution in [-0.2, 0) is 19.1 Å². The van der Waals surface area contributed by atoms with Crippen molar-refractivity contribution in [2.75, 3.05) is 6.61 Å². The van der Waals surface area contributed by atoms with Crippen LogP contribution in [-0.4, -0.2) is 35.4 Å². The van der Waals surface area contributed by atoms with Gasteiger partial charge in [0.1, 0.15) is 12.7 Å². The Morgan fingerprint density at radius 1 is 1.19 bits per heavy atom. The summed E-state index contributed by atoms with van der Waals surface area (Å²) in [6.45, 7) is 8.73. The van der Waals surface area contributed by atoms with Gasteiger partial charge in [-0.15, -0.1) is 0 Å². The Bertz CT molecular complexity index is 815. The molecule has 5 nitrogen and oxygen atoms in total. The lowest BCUT2D eigenvalue weighted by atomic mass is 9.45. The van der Waals surface area contributed by atoms with Gasteiger partial charge in [0.05, 0.1) is 0 Å². The molecule has 178 valence electrons. The molecule has 5 heteroatoms. The minimum Gasteiger partial charge on any atom is -0.458 e. The quantitative estimate of drug-likeness (QED) is 0.603. The van der Waals surface area contributed by atoms with E-state index in [1.54, 1.807) is 6.08 Å². The van der Waals surface area contributed by atoms with Crippen molar-refractivity contribution in [1.82, 2.24) is 0 Å². The van der Waals surface area contributed by atoms with E-state index in [4.69, 9.17) is 4.74 Å². The predicted molar refractivity (Wildman–Crippen MR) is 122 cm³/mol. The zero-order valence-corrected chi connectivity index (χ0v) is 20.2. The summed E-state index contributed by atoms with van der Waals surface area (Å²) >= 11 is 0. The fraction of sp³-hybridized carbons (Fsp3) is 0.815. The number of unbranched alkanes of at least 4 members (excludes halogenated alkanes) is 1. The Balaban J connectivity index is 1.50. The first kappa shape index (κ1) is 23.7. The molecule has 0 aliphatic heterocycles. The molecular formula is C27H40O5. The van der Waals surface area contributed by atoms with E-state index in [-0.39, 0.29) is 40.9 Å². The molecule has 1 unspecified atom stereocenters. The highest BCUT2D eigenvalue weighted by molar-refractivity contribution is 5.95. The Morgan fingerprint density at radius 2 is 1.94 bits per heavy atom. The third kappa shape index (κ3) is 3.78. The lowest BCUT2D eigenvalue weighted by Gasteiger charge is -2.59. The van der Waals surface area contributed by atoms with E-state index in [1.807, 2.05) is 6.92 Å². The highest BCUT2D eigenvalue weighted by atomic mass is 16.5. The molecule has 4 aliphatic rings. The van der Waals surface area contributed by atoms with Crippen molar-refractivity contribution in [3.8, 4) is 0 Å². The highest BCUT2D eigenvalue weighted by Gasteiger charge is 2.61. The number of aliphatic hydroxyl groups is 1. The van der Waals surface area contributed by atoms with E-state index in [0.717, 1.165) is 44.9 Å². The van der Waals surface area contributed by atoms with E-state index in [2.05, 4.69) is 20.8 Å². The van der Waals surface area contributed by atoms with Crippen LogP contribution in [0.1, 0.15) is 85.5 Å². The minimum absolute atomic E-state index is 0.0361. The van der Waals surface area contributed by atoms with Crippen molar-refractivity contribution in [3.63, 3.8) is 0 Å². The van der Waals surface area contributed by atoms with Crippen LogP contribution in [0, 0.1) is 40.4 Å². The van der Waals surface area contributed by atoms with E-state index < -0.39 is 6.10 Å². The molecule has 0 aromatic heterocycles. The molecule has 0 aromatic carbocycles. The summed E-state index contributed by atoms with van der Waals surface area (Å²) in [5.41, 5.74) is 1.06. The fourth-order valence-electron chi connectivity index (χ4n) is 8.22. The number of aliphatic hydroxyl groups excluding tert-OH is 1. The summed E-state index contributed by atoms with van der Waals surface area (Å²) < 4.78 is 5.32. The molecule has 0 heterocycles. The number of ketones is 2. The molecule has 3 fully saturated rings. The van der Waals surface area contributed by atoms with Crippen molar-refractivity contribution in [3.05, 3.63) is 11.6 Å². The summed E-state index contributed by atoms with van der Waals surface area (Å²) in [6, 6.07) is 0. The molecule has 0 amide bonds. The summed E-state index contributed by atoms with van der Waals surface area (Å²) in [5, 5.41) is 10.4. The number of allylic oxidation sites excluding steroid dienone is 1. The van der Waals surface area contributed by atoms with Gasteiger partial charge in [-0.25, -0.2) is 0 Å². The molecule has 0 radical (unpaired) electrons. The average Bonchev–Trinajstić information content (AvgIpc) is 3.10. The molecular weight excluding hydrogens is 404 g/mol. The zero-order chi connectivity index (χ0) is 23.3. The Kier molecular flexibility index (Phi) is 6.43. The number of Topliss-reactive ketones (excluding diaryl/α,β-unsaturated/α-hetero) is 1. The van der Waals surface area contributed by atoms with Gasteiger partial charge in [-0.2, -0.15) is 0 Å². The number of esters is 1. The monoisotopic (exact) mass is 444 g/mol. The summed E-state index contributed by atoms with van der Waals surface area (Å²) in [7, 11) is 0. The Morgan fingerprint density at radius 3 is 2.66 bits per heavy atom. The molecule has 8 atom stereocenters. The van der Waals surface area contributed by atoms with Gasteiger partial charge in [-0.3, -0.25) is 14.4 Å². The molecule has 0 saturated heterocycles. The lowest BCUT2D eigenvalue weighted by molar-refractivity contribution is -0.151. The van der Waals surface area contributed by atoms with Gasteiger partial charge >= 0.3 is 5.97 Å². The SMILES string of the molecule is CCCCC(=O)OCC(=O)[C@H]1CC[C@H]2[C@@H]3C[C@H](C)C4=CC(=O)C(O)C[C@]4(C)[C@H]3CC[C@]12C. The number of carbonyl (C=O) groups excluding carboxylic acids is 3. The number of hydrogen-bond acceptors (Lipinski definition) is 5. The van der Waals surface area contributed by atoms with Crippen LogP contribution < -0.4 is 0 Å². The van der Waals surface area contributed by atoms with Crippen LogP contribution in [0.3, 0.4) is 0 Å². The van der Waals surface area contributed by atoms with Gasteiger partial charge in [0, 0.05) is 12.3 Å². The Labute approximate surface area is 192 Å². The second-order valence-electron chi connectivity index (χ2n) is 11.6. The highest BCUT2D eigenvalue weighted by Crippen LogP contribution is 2.67. The molecule has 3 saturated carbocycles. The second kappa shape index (κ2) is 8.70. The minimum atomic E-state index is -0.886. The zero-order valence-electron chi connectivity index (χ0n) is 20.2. The number of hydrogen-bond donors (Lipinski definition) is 1. The van der Waals surface area contributed by atoms with Crippen molar-refractivity contribution < 1.29 is 24.2 Å². The predicted octanol–water partition coefficient (Wildman–Crippen LogP) is 4.65. The van der Waals surface area contributed by atoms with Gasteiger partial charge in [0.2, 0.25) is 0 Å². The Hall–Kier alpha value is -1.49. The molecule has 4 rings (SSSR count). The standard InChI is InChI=1S/C27H40O5/c1-5-6-7-25(31)32-15-24(30)20-9-8-18-17-12-16(2)21-13-22(28)23(29)14-27(21,4)19(17)10-11-26(18,20)3/h13,16-20,23,29H,5-12,14-15H2,1-4H3/t16-,17-,18-,19-,20+,23?,26-,27+/m0/s1. The fourth-order valence-corrected chi connectivity index (χ4v) is 8.22. The number of ether oxygens (including phenoxy) is 1. The maximum absolute atomic E-state index is 13.1. The van der Waals surface area contributed by atoms with Crippen LogP contribution in [0.2, 0.25) is 0 Å². The topological polar surface area (TPSA) is 80.7 Å². The summed E-state index contributed by atoms with van der Waals surface area (Å²) in [4.78, 5) is 37.2. The molecule has 0 bridgehead atoms. The van der Waals surface area contributed by atoms with Crippen molar-refractivity contribution >= 4 is 17.5 Å². The van der Waals surface area contributed by atoms with Crippen molar-refractivity contribution in [2.45, 2.75) is 91.6 Å². The van der Waals surface area contributed by atoms with Gasteiger partial charge in [0.25, 0.3) is 0 Å². The normalized spacial score (nSPS) is 43.0. The smallest absolute Gasteiger partial charge is 0.306 e. The largest absolute Gasteiger partial charge is 0.458 e. The van der Waals surface area contributed by atoms with E-state index in [1.165, 1.54) is 5.57 Å². The van der Waals surface area contributed by atoms with Gasteiger partial charge < -0.3 is 9.84 Å². The first-order valence-corrected chi connectivity index (χ1v) is 12.7. The van der Waals surface area contributed by atoms with Crippen molar-refractivity contribution in [2.24, 2.45) is 40.4 Å². The van der Waals surface area contributed by atoms with E-state index in [0.29, 0.717) is 36.5 Å². The molecule has 32 heavy (non-hydrogen) atoms. The van der Waals surface area contributed by atoms with E-state index in [9.17, 15) is 19.5 Å². The third-order valence-corrected chi connectivity index (χ3v) is 9.81. The number of rotatable bonds is 6. The number of fused-ring (bicyclic) bond motifs is 5. The molecule has 0 spiro atoms. The maximum atomic E-state index is 13.1. The van der Waals surface area contributed by atoms with E-state index >= 15 is 0 Å².